The first kappa shape index (κ1) is 14.3. The molecule has 4 rings (SSSR count). The smallest absolute Gasteiger partial charge is 0.260 e. The largest absolute Gasteiger partial charge is 0.335 e. The molecule has 4 nitrogen and oxygen atoms in total. The van der Waals surface area contributed by atoms with E-state index in [1.165, 1.54) is 18.2 Å². The Morgan fingerprint density at radius 1 is 0.833 bits per heavy atom. The van der Waals surface area contributed by atoms with Crippen LogP contribution in [0.1, 0.15) is 0 Å². The number of anilines is 2. The zero-order valence-electron chi connectivity index (χ0n) is 12.3. The Balaban J connectivity index is 1.73. The van der Waals surface area contributed by atoms with E-state index in [0.717, 1.165) is 10.9 Å². The molecule has 0 fully saturated rings. The molecule has 0 aliphatic rings. The molecule has 2 aromatic heterocycles. The van der Waals surface area contributed by atoms with Gasteiger partial charge in [-0.3, -0.25) is 0 Å². The Kier molecular flexibility index (Phi) is 3.42. The summed E-state index contributed by atoms with van der Waals surface area (Å²) >= 11 is 0. The van der Waals surface area contributed by atoms with Crippen LogP contribution < -0.4 is 5.32 Å². The van der Waals surface area contributed by atoms with Crippen LogP contribution >= 0.6 is 0 Å². The van der Waals surface area contributed by atoms with Crippen LogP contribution in [0.15, 0.2) is 65.2 Å². The van der Waals surface area contributed by atoms with E-state index >= 15 is 0 Å². The van der Waals surface area contributed by atoms with Crippen molar-refractivity contribution in [3.63, 3.8) is 0 Å². The molecule has 0 radical (unpaired) electrons. The lowest BCUT2D eigenvalue weighted by Gasteiger charge is -2.07. The van der Waals surface area contributed by atoms with Gasteiger partial charge in [0, 0.05) is 5.56 Å². The van der Waals surface area contributed by atoms with Crippen LogP contribution in [-0.4, -0.2) is 10.1 Å². The first-order valence-electron chi connectivity index (χ1n) is 7.25. The van der Waals surface area contributed by atoms with E-state index in [4.69, 9.17) is 4.52 Å². The van der Waals surface area contributed by atoms with E-state index in [-0.39, 0.29) is 17.2 Å². The summed E-state index contributed by atoms with van der Waals surface area (Å²) in [5, 5.41) is 7.39. The van der Waals surface area contributed by atoms with Gasteiger partial charge in [-0.1, -0.05) is 41.6 Å². The third-order valence-electron chi connectivity index (χ3n) is 3.60. The molecular weight excluding hydrogens is 312 g/mol. The zero-order chi connectivity index (χ0) is 16.5. The van der Waals surface area contributed by atoms with Crippen molar-refractivity contribution in [2.24, 2.45) is 0 Å². The van der Waals surface area contributed by atoms with Gasteiger partial charge < -0.3 is 9.84 Å². The Morgan fingerprint density at radius 2 is 1.58 bits per heavy atom. The highest BCUT2D eigenvalue weighted by Gasteiger charge is 2.14. The topological polar surface area (TPSA) is 51.0 Å². The molecule has 0 aliphatic carbocycles. The van der Waals surface area contributed by atoms with Gasteiger partial charge in [-0.2, -0.15) is 4.98 Å². The van der Waals surface area contributed by atoms with Gasteiger partial charge in [-0.05, 0) is 24.3 Å². The Labute approximate surface area is 135 Å². The van der Waals surface area contributed by atoms with Crippen LogP contribution in [0, 0.1) is 11.6 Å². The number of fused-ring (bicyclic) bond motifs is 1. The quantitative estimate of drug-likeness (QED) is 0.582. The number of pyridine rings is 1. The van der Waals surface area contributed by atoms with E-state index < -0.39 is 11.6 Å². The van der Waals surface area contributed by atoms with Crippen molar-refractivity contribution in [3.8, 4) is 11.3 Å². The molecule has 0 atom stereocenters. The number of halogens is 2. The average Bonchev–Trinajstić information content (AvgIpc) is 3.02. The minimum Gasteiger partial charge on any atom is -0.335 e. The lowest BCUT2D eigenvalue weighted by molar-refractivity contribution is 0.452. The van der Waals surface area contributed by atoms with Gasteiger partial charge in [0.2, 0.25) is 0 Å². The van der Waals surface area contributed by atoms with Gasteiger partial charge >= 0.3 is 0 Å². The Bertz CT molecular complexity index is 995. The second-order valence-corrected chi connectivity index (χ2v) is 5.17. The predicted octanol–water partition coefficient (Wildman–Crippen LogP) is 4.91. The Morgan fingerprint density at radius 3 is 2.33 bits per heavy atom. The van der Waals surface area contributed by atoms with Gasteiger partial charge in [0.15, 0.2) is 0 Å². The van der Waals surface area contributed by atoms with Crippen molar-refractivity contribution in [1.29, 1.82) is 0 Å². The molecule has 0 saturated carbocycles. The van der Waals surface area contributed by atoms with E-state index in [1.54, 1.807) is 12.1 Å². The molecule has 2 heterocycles. The van der Waals surface area contributed by atoms with Gasteiger partial charge in [0.05, 0.1) is 5.39 Å². The van der Waals surface area contributed by atoms with Crippen molar-refractivity contribution >= 4 is 22.6 Å². The highest BCUT2D eigenvalue weighted by Crippen LogP contribution is 2.29. The van der Waals surface area contributed by atoms with E-state index in [2.05, 4.69) is 15.5 Å². The monoisotopic (exact) mass is 323 g/mol. The summed E-state index contributed by atoms with van der Waals surface area (Å²) in [5.74, 6) is -1.12. The van der Waals surface area contributed by atoms with Crippen LogP contribution in [0.5, 0.6) is 0 Å². The van der Waals surface area contributed by atoms with Crippen molar-refractivity contribution in [2.45, 2.75) is 0 Å². The SMILES string of the molecule is Fc1cccc(F)c1Nc1ccc2c(-c3ccccc3)noc2n1. The molecule has 0 unspecified atom stereocenters. The average molecular weight is 323 g/mol. The molecule has 0 spiro atoms. The minimum absolute atomic E-state index is 0.257. The number of para-hydroxylation sites is 1. The molecule has 6 heteroatoms. The molecule has 1 N–H and O–H groups in total. The normalized spacial score (nSPS) is 10.9. The van der Waals surface area contributed by atoms with Gasteiger partial charge in [0.25, 0.3) is 5.71 Å². The van der Waals surface area contributed by atoms with Crippen LogP contribution in [0.4, 0.5) is 20.3 Å². The fraction of sp³-hybridized carbons (Fsp3) is 0. The summed E-state index contributed by atoms with van der Waals surface area (Å²) in [6.07, 6.45) is 0. The second-order valence-electron chi connectivity index (χ2n) is 5.17. The maximum Gasteiger partial charge on any atom is 0.260 e. The number of hydrogen-bond acceptors (Lipinski definition) is 4. The number of nitrogens with one attached hydrogen (secondary N) is 1. The van der Waals surface area contributed by atoms with E-state index in [1.807, 2.05) is 30.3 Å². The molecule has 0 saturated heterocycles. The summed E-state index contributed by atoms with van der Waals surface area (Å²) in [5.41, 5.74) is 1.60. The van der Waals surface area contributed by atoms with Gasteiger partial charge in [0.1, 0.15) is 28.8 Å². The van der Waals surface area contributed by atoms with Crippen LogP contribution in [-0.2, 0) is 0 Å². The molecule has 2 aromatic carbocycles. The molecule has 0 aliphatic heterocycles. The molecule has 0 amide bonds. The predicted molar refractivity (Wildman–Crippen MR) is 86.9 cm³/mol. The van der Waals surface area contributed by atoms with E-state index in [0.29, 0.717) is 5.69 Å². The van der Waals surface area contributed by atoms with Gasteiger partial charge in [-0.25, -0.2) is 8.78 Å². The molecule has 24 heavy (non-hydrogen) atoms. The number of rotatable bonds is 3. The number of nitrogens with zero attached hydrogens (tertiary/aromatic N) is 2. The lowest BCUT2D eigenvalue weighted by Crippen LogP contribution is -1.99. The number of aromatic nitrogens is 2. The van der Waals surface area contributed by atoms with Gasteiger partial charge in [-0.15, -0.1) is 0 Å². The molecule has 4 aromatic rings. The second kappa shape index (κ2) is 5.73. The summed E-state index contributed by atoms with van der Waals surface area (Å²) in [7, 11) is 0. The highest BCUT2D eigenvalue weighted by molar-refractivity contribution is 5.90. The molecule has 0 bridgehead atoms. The highest BCUT2D eigenvalue weighted by atomic mass is 19.1. The zero-order valence-corrected chi connectivity index (χ0v) is 12.3. The fourth-order valence-corrected chi connectivity index (χ4v) is 2.45. The standard InChI is InChI=1S/C18H11F2N3O/c19-13-7-4-8-14(20)17(13)21-15-10-9-12-16(23-24-18(12)22-15)11-5-2-1-3-6-11/h1-10H,(H,21,22). The first-order chi connectivity index (χ1) is 11.7. The maximum absolute atomic E-state index is 13.7. The first-order valence-corrected chi connectivity index (χ1v) is 7.25. The van der Waals surface area contributed by atoms with Crippen molar-refractivity contribution in [1.82, 2.24) is 10.1 Å². The van der Waals surface area contributed by atoms with Crippen molar-refractivity contribution in [2.75, 3.05) is 5.32 Å². The van der Waals surface area contributed by atoms with Crippen molar-refractivity contribution in [3.05, 3.63) is 72.3 Å². The fourth-order valence-electron chi connectivity index (χ4n) is 2.45. The van der Waals surface area contributed by atoms with Crippen LogP contribution in [0.25, 0.3) is 22.4 Å². The summed E-state index contributed by atoms with van der Waals surface area (Å²) in [4.78, 5) is 4.23. The lowest BCUT2D eigenvalue weighted by atomic mass is 10.1. The number of hydrogen-bond donors (Lipinski definition) is 1. The maximum atomic E-state index is 13.7. The third-order valence-corrected chi connectivity index (χ3v) is 3.60. The minimum atomic E-state index is -0.695. The van der Waals surface area contributed by atoms with Crippen LogP contribution in [0.3, 0.4) is 0 Å². The molecular formula is C18H11F2N3O. The van der Waals surface area contributed by atoms with E-state index in [9.17, 15) is 8.78 Å². The van der Waals surface area contributed by atoms with Crippen molar-refractivity contribution < 1.29 is 13.3 Å². The van der Waals surface area contributed by atoms with Crippen LogP contribution in [0.2, 0.25) is 0 Å². The summed E-state index contributed by atoms with van der Waals surface area (Å²) in [6.45, 7) is 0. The molecule has 118 valence electrons. The Hall–Kier alpha value is -3.28. The summed E-state index contributed by atoms with van der Waals surface area (Å²) in [6, 6.07) is 16.6. The summed E-state index contributed by atoms with van der Waals surface area (Å²) < 4.78 is 32.7. The third kappa shape index (κ3) is 2.48. The number of benzene rings is 2.